The summed E-state index contributed by atoms with van der Waals surface area (Å²) in [5, 5.41) is 43.5. The van der Waals surface area contributed by atoms with Crippen molar-refractivity contribution < 1.29 is 25.2 Å². The van der Waals surface area contributed by atoms with Crippen LogP contribution in [-0.2, 0) is 4.79 Å². The fourth-order valence-corrected chi connectivity index (χ4v) is 7.27. The van der Waals surface area contributed by atoms with Crippen molar-refractivity contribution in [2.75, 3.05) is 6.61 Å². The summed E-state index contributed by atoms with van der Waals surface area (Å²) in [4.78, 5) is 12.4. The molecule has 0 bridgehead atoms. The van der Waals surface area contributed by atoms with Gasteiger partial charge in [-0.2, -0.15) is 0 Å². The molecule has 0 aliphatic carbocycles. The van der Waals surface area contributed by atoms with E-state index in [2.05, 4.69) is 31.3 Å². The second-order valence-electron chi connectivity index (χ2n) is 16.1. The number of amides is 1. The van der Waals surface area contributed by atoms with Gasteiger partial charge in [-0.05, 0) is 32.1 Å². The van der Waals surface area contributed by atoms with Gasteiger partial charge in [0.1, 0.15) is 12.2 Å². The Morgan fingerprint density at radius 1 is 0.462 bits per heavy atom. The minimum Gasteiger partial charge on any atom is -0.394 e. The first-order chi connectivity index (χ1) is 25.5. The molecule has 6 heteroatoms. The molecule has 0 rings (SSSR count). The van der Waals surface area contributed by atoms with Gasteiger partial charge in [0.05, 0.1) is 18.8 Å². The third-order valence-electron chi connectivity index (χ3n) is 11.0. The Bertz CT molecular complexity index is 746. The monoisotopic (exact) mass is 738 g/mol. The summed E-state index contributed by atoms with van der Waals surface area (Å²) < 4.78 is 0. The Kier molecular flexibility index (Phi) is 40.5. The molecule has 0 aromatic carbocycles. The van der Waals surface area contributed by atoms with Crippen LogP contribution in [0.15, 0.2) is 12.2 Å². The number of rotatable bonds is 42. The average Bonchev–Trinajstić information content (AvgIpc) is 3.15. The summed E-state index contributed by atoms with van der Waals surface area (Å²) in [6, 6.07) is -0.987. The van der Waals surface area contributed by atoms with Gasteiger partial charge in [0.15, 0.2) is 0 Å². The van der Waals surface area contributed by atoms with E-state index in [0.717, 1.165) is 51.4 Å². The molecule has 0 fully saturated rings. The van der Waals surface area contributed by atoms with Gasteiger partial charge in [0.2, 0.25) is 5.91 Å². The molecule has 0 radical (unpaired) electrons. The van der Waals surface area contributed by atoms with Crippen LogP contribution in [-0.4, -0.2) is 57.3 Å². The average molecular weight is 738 g/mol. The fourth-order valence-electron chi connectivity index (χ4n) is 7.27. The summed E-state index contributed by atoms with van der Waals surface area (Å²) in [5.74, 6) is -0.597. The molecule has 0 saturated heterocycles. The van der Waals surface area contributed by atoms with Crippen LogP contribution in [0.25, 0.3) is 0 Å². The normalized spacial score (nSPS) is 14.2. The van der Waals surface area contributed by atoms with Crippen molar-refractivity contribution in [2.24, 2.45) is 0 Å². The third kappa shape index (κ3) is 34.8. The molecule has 0 aromatic heterocycles. The lowest BCUT2D eigenvalue weighted by Crippen LogP contribution is -2.53. The van der Waals surface area contributed by atoms with E-state index in [9.17, 15) is 25.2 Å². The van der Waals surface area contributed by atoms with E-state index in [1.54, 1.807) is 0 Å². The molecule has 0 aliphatic rings. The van der Waals surface area contributed by atoms with Crippen LogP contribution in [0.4, 0.5) is 0 Å². The first-order valence-electron chi connectivity index (χ1n) is 23.1. The number of carbonyl (C=O) groups is 1. The van der Waals surface area contributed by atoms with Gasteiger partial charge < -0.3 is 25.7 Å². The standard InChI is InChI=1S/C46H91NO5/c1-3-5-7-9-11-13-14-15-16-17-18-19-20-21-22-23-24-25-26-27-28-29-30-32-33-35-37-39-43(49)45(51)42(41-48)47-46(52)44(50)40-38-36-34-31-12-10-8-6-4-2/h10,12,42-45,48-51H,3-9,11,13-41H2,1-2H3,(H,47,52)/b12-10-. The number of hydrogen-bond acceptors (Lipinski definition) is 5. The minimum atomic E-state index is -1.26. The Hall–Kier alpha value is -0.950. The molecule has 0 heterocycles. The maximum absolute atomic E-state index is 12.4. The number of carbonyl (C=O) groups excluding carboxylic acids is 1. The largest absolute Gasteiger partial charge is 0.394 e. The van der Waals surface area contributed by atoms with Crippen molar-refractivity contribution in [3.8, 4) is 0 Å². The van der Waals surface area contributed by atoms with Gasteiger partial charge in [-0.25, -0.2) is 0 Å². The van der Waals surface area contributed by atoms with E-state index in [-0.39, 0.29) is 0 Å². The lowest BCUT2D eigenvalue weighted by molar-refractivity contribution is -0.132. The number of nitrogens with one attached hydrogen (secondary N) is 1. The van der Waals surface area contributed by atoms with E-state index in [1.807, 2.05) is 0 Å². The highest BCUT2D eigenvalue weighted by molar-refractivity contribution is 5.80. The van der Waals surface area contributed by atoms with Gasteiger partial charge >= 0.3 is 0 Å². The number of unbranched alkanes of at least 4 members (excludes halogenated alkanes) is 31. The van der Waals surface area contributed by atoms with Crippen LogP contribution in [0.5, 0.6) is 0 Å². The quantitative estimate of drug-likeness (QED) is 0.0316. The van der Waals surface area contributed by atoms with Crippen LogP contribution in [0.2, 0.25) is 0 Å². The van der Waals surface area contributed by atoms with Crippen LogP contribution < -0.4 is 5.32 Å². The van der Waals surface area contributed by atoms with Gasteiger partial charge in [-0.3, -0.25) is 4.79 Å². The summed E-state index contributed by atoms with van der Waals surface area (Å²) in [6.07, 6.45) is 45.6. The first-order valence-corrected chi connectivity index (χ1v) is 23.1. The zero-order valence-corrected chi connectivity index (χ0v) is 34.8. The molecule has 0 aliphatic heterocycles. The van der Waals surface area contributed by atoms with Gasteiger partial charge in [-0.1, -0.05) is 225 Å². The first kappa shape index (κ1) is 51.0. The van der Waals surface area contributed by atoms with Crippen molar-refractivity contribution in [1.82, 2.24) is 5.32 Å². The topological polar surface area (TPSA) is 110 Å². The van der Waals surface area contributed by atoms with E-state index in [1.165, 1.54) is 167 Å². The molecular formula is C46H91NO5. The van der Waals surface area contributed by atoms with E-state index in [0.29, 0.717) is 12.8 Å². The lowest BCUT2D eigenvalue weighted by atomic mass is 9.99. The SMILES string of the molecule is CCCC/C=C\CCCCCC(O)C(=O)NC(CO)C(O)C(O)CCCCCCCCCCCCCCCCCCCCCCCCCCCCC. The fraction of sp³-hybridized carbons (Fsp3) is 0.935. The van der Waals surface area contributed by atoms with E-state index >= 15 is 0 Å². The van der Waals surface area contributed by atoms with Crippen LogP contribution in [0.3, 0.4) is 0 Å². The Balaban J connectivity index is 3.57. The number of aliphatic hydroxyl groups is 4. The predicted molar refractivity (Wildman–Crippen MR) is 224 cm³/mol. The van der Waals surface area contributed by atoms with E-state index in [4.69, 9.17) is 0 Å². The Morgan fingerprint density at radius 3 is 1.17 bits per heavy atom. The van der Waals surface area contributed by atoms with Crippen molar-refractivity contribution >= 4 is 5.91 Å². The van der Waals surface area contributed by atoms with Gasteiger partial charge in [-0.15, -0.1) is 0 Å². The van der Waals surface area contributed by atoms with Crippen LogP contribution in [0, 0.1) is 0 Å². The molecular weight excluding hydrogens is 647 g/mol. The maximum atomic E-state index is 12.4. The summed E-state index contributed by atoms with van der Waals surface area (Å²) in [7, 11) is 0. The molecule has 0 saturated carbocycles. The zero-order chi connectivity index (χ0) is 38.2. The third-order valence-corrected chi connectivity index (χ3v) is 11.0. The highest BCUT2D eigenvalue weighted by Crippen LogP contribution is 2.17. The summed E-state index contributed by atoms with van der Waals surface area (Å²) >= 11 is 0. The molecule has 1 amide bonds. The Labute approximate surface area is 323 Å². The summed E-state index contributed by atoms with van der Waals surface area (Å²) in [6.45, 7) is 3.99. The summed E-state index contributed by atoms with van der Waals surface area (Å²) in [5.41, 5.74) is 0. The second kappa shape index (κ2) is 41.2. The lowest BCUT2D eigenvalue weighted by Gasteiger charge is -2.27. The van der Waals surface area contributed by atoms with Crippen molar-refractivity contribution in [1.29, 1.82) is 0 Å². The minimum absolute atomic E-state index is 0.349. The van der Waals surface area contributed by atoms with Gasteiger partial charge in [0, 0.05) is 0 Å². The molecule has 0 aromatic rings. The second-order valence-corrected chi connectivity index (χ2v) is 16.1. The van der Waals surface area contributed by atoms with Crippen molar-refractivity contribution in [2.45, 2.75) is 269 Å². The molecule has 0 spiro atoms. The molecule has 52 heavy (non-hydrogen) atoms. The molecule has 6 nitrogen and oxygen atoms in total. The smallest absolute Gasteiger partial charge is 0.249 e. The molecule has 4 atom stereocenters. The van der Waals surface area contributed by atoms with Crippen LogP contribution in [0.1, 0.15) is 245 Å². The van der Waals surface area contributed by atoms with Crippen molar-refractivity contribution in [3.05, 3.63) is 12.2 Å². The highest BCUT2D eigenvalue weighted by atomic mass is 16.3. The molecule has 310 valence electrons. The molecule has 4 unspecified atom stereocenters. The molecule has 5 N–H and O–H groups in total. The zero-order valence-electron chi connectivity index (χ0n) is 34.8. The number of aliphatic hydroxyl groups excluding tert-OH is 4. The number of allylic oxidation sites excluding steroid dienone is 2. The van der Waals surface area contributed by atoms with Crippen LogP contribution >= 0.6 is 0 Å². The van der Waals surface area contributed by atoms with E-state index < -0.39 is 36.9 Å². The van der Waals surface area contributed by atoms with Gasteiger partial charge in [0.25, 0.3) is 0 Å². The maximum Gasteiger partial charge on any atom is 0.249 e. The number of hydrogen-bond donors (Lipinski definition) is 5. The van der Waals surface area contributed by atoms with Crippen molar-refractivity contribution in [3.63, 3.8) is 0 Å². The predicted octanol–water partition coefficient (Wildman–Crippen LogP) is 12.2. The Morgan fingerprint density at radius 2 is 0.788 bits per heavy atom. The highest BCUT2D eigenvalue weighted by Gasteiger charge is 2.28.